The minimum Gasteiger partial charge on any atom is -0.497 e. The predicted molar refractivity (Wildman–Crippen MR) is 192 cm³/mol. The summed E-state index contributed by atoms with van der Waals surface area (Å²) in [4.78, 5) is 31.6. The molecule has 0 aromatic heterocycles. The molecule has 2 atom stereocenters. The number of aryl methyl sites for hydroxylation is 1. The lowest BCUT2D eigenvalue weighted by molar-refractivity contribution is -0.275. The fraction of sp³-hybridized carbons (Fsp3) is 0.316. The normalized spacial score (nSPS) is 18.9. The summed E-state index contributed by atoms with van der Waals surface area (Å²) in [6, 6.07) is 13.2. The van der Waals surface area contributed by atoms with E-state index in [-0.39, 0.29) is 47.2 Å². The molecule has 14 heteroatoms. The highest BCUT2D eigenvalue weighted by atomic mass is 32.2. The van der Waals surface area contributed by atoms with E-state index in [1.807, 2.05) is 13.8 Å². The van der Waals surface area contributed by atoms with Crippen LogP contribution >= 0.6 is 0 Å². The van der Waals surface area contributed by atoms with E-state index < -0.39 is 44.5 Å². The molecule has 2 unspecified atom stereocenters. The SMILES string of the molecule is C=CC=C.COc1ccc(S(=O)(=O)N2C(=O)C(c3ccccc3OC)(N3CC(C)=C(C)CC3C(=O)N(C)C)c3cc(C)ccc32)c(OC(F)(F)F)c1. The second-order valence-corrected chi connectivity index (χ2v) is 14.2. The summed E-state index contributed by atoms with van der Waals surface area (Å²) in [7, 11) is 0.661. The number of para-hydroxylation sites is 1. The Bertz CT molecular complexity index is 2020. The molecule has 10 nitrogen and oxygen atoms in total. The van der Waals surface area contributed by atoms with Crippen LogP contribution in [0.2, 0.25) is 0 Å². The summed E-state index contributed by atoms with van der Waals surface area (Å²) < 4.78 is 85.6. The molecule has 0 N–H and O–H groups in total. The van der Waals surface area contributed by atoms with Gasteiger partial charge in [0.15, 0.2) is 11.3 Å². The predicted octanol–water partition coefficient (Wildman–Crippen LogP) is 6.75. The highest BCUT2D eigenvalue weighted by Crippen LogP contribution is 2.55. The zero-order chi connectivity index (χ0) is 38.8. The van der Waals surface area contributed by atoms with Crippen molar-refractivity contribution in [3.05, 3.63) is 114 Å². The molecule has 5 rings (SSSR count). The summed E-state index contributed by atoms with van der Waals surface area (Å²) in [5, 5.41) is 0. The number of anilines is 1. The van der Waals surface area contributed by atoms with Gasteiger partial charge in [-0.2, -0.15) is 0 Å². The molecular weight excluding hydrogens is 699 g/mol. The fourth-order valence-corrected chi connectivity index (χ4v) is 8.00. The topological polar surface area (TPSA) is 106 Å². The van der Waals surface area contributed by atoms with Crippen LogP contribution in [-0.4, -0.2) is 77.3 Å². The largest absolute Gasteiger partial charge is 0.573 e. The Balaban J connectivity index is 0.00000144. The minimum absolute atomic E-state index is 0.0894. The lowest BCUT2D eigenvalue weighted by Gasteiger charge is -2.47. The third-order valence-corrected chi connectivity index (χ3v) is 10.7. The first kappa shape index (κ1) is 39.7. The van der Waals surface area contributed by atoms with Crippen LogP contribution in [0.25, 0.3) is 0 Å². The van der Waals surface area contributed by atoms with Crippen molar-refractivity contribution >= 4 is 27.5 Å². The van der Waals surface area contributed by atoms with E-state index in [9.17, 15) is 26.4 Å². The number of hydrogen-bond acceptors (Lipinski definition) is 8. The first-order valence-electron chi connectivity index (χ1n) is 16.0. The average Bonchev–Trinajstić information content (AvgIpc) is 3.36. The molecule has 2 heterocycles. The zero-order valence-corrected chi connectivity index (χ0v) is 30.9. The lowest BCUT2D eigenvalue weighted by atomic mass is 9.77. The van der Waals surface area contributed by atoms with Crippen molar-refractivity contribution < 1.29 is 45.4 Å². The van der Waals surface area contributed by atoms with Crippen molar-refractivity contribution in [1.82, 2.24) is 9.80 Å². The van der Waals surface area contributed by atoms with Crippen molar-refractivity contribution in [3.8, 4) is 17.2 Å². The molecule has 3 aromatic carbocycles. The van der Waals surface area contributed by atoms with E-state index in [0.29, 0.717) is 9.87 Å². The van der Waals surface area contributed by atoms with Crippen molar-refractivity contribution in [2.45, 2.75) is 50.0 Å². The second-order valence-electron chi connectivity index (χ2n) is 12.5. The van der Waals surface area contributed by atoms with Gasteiger partial charge in [0.05, 0.1) is 25.9 Å². The van der Waals surface area contributed by atoms with Crippen LogP contribution in [0, 0.1) is 6.92 Å². The van der Waals surface area contributed by atoms with Crippen LogP contribution in [0.4, 0.5) is 18.9 Å². The molecule has 2 amide bonds. The number of rotatable bonds is 9. The standard InChI is InChI=1S/C34H36F3N3O7S.C4H6/c1-20-12-14-26-25(16-20)33(24-10-8-9-11-28(24)46-7,39-19-22(3)21(2)17-27(39)31(41)38(4)5)32(42)40(26)48(43,44)30-15-13-23(45-6)18-29(30)47-34(35,36)37;1-3-4-2/h8-16,18,27H,17,19H2,1-7H3;3-4H,1-2H2. The summed E-state index contributed by atoms with van der Waals surface area (Å²) in [5.41, 5.74) is 0.867. The number of carbonyl (C=O) groups is 2. The number of likely N-dealkylation sites (N-methyl/N-ethyl adjacent to an activating group) is 1. The number of carbonyl (C=O) groups excluding carboxylic acids is 2. The number of benzene rings is 3. The van der Waals surface area contributed by atoms with Crippen molar-refractivity contribution in [2.24, 2.45) is 0 Å². The Morgan fingerprint density at radius 3 is 2.15 bits per heavy atom. The molecule has 0 fully saturated rings. The third-order valence-electron chi connectivity index (χ3n) is 8.98. The van der Waals surface area contributed by atoms with Crippen LogP contribution in [0.15, 0.2) is 102 Å². The first-order valence-corrected chi connectivity index (χ1v) is 17.5. The van der Waals surface area contributed by atoms with Gasteiger partial charge in [0.1, 0.15) is 16.4 Å². The Hall–Kier alpha value is -5.08. The number of methoxy groups -OCH3 is 2. The molecule has 2 aliphatic heterocycles. The number of fused-ring (bicyclic) bond motifs is 1. The van der Waals surface area contributed by atoms with Gasteiger partial charge in [-0.15, -0.1) is 13.2 Å². The number of allylic oxidation sites excluding steroid dienone is 2. The van der Waals surface area contributed by atoms with Crippen molar-refractivity contribution in [3.63, 3.8) is 0 Å². The van der Waals surface area contributed by atoms with Gasteiger partial charge in [-0.25, -0.2) is 12.7 Å². The van der Waals surface area contributed by atoms with E-state index in [2.05, 4.69) is 17.9 Å². The van der Waals surface area contributed by atoms with Gasteiger partial charge in [0, 0.05) is 37.8 Å². The van der Waals surface area contributed by atoms with E-state index in [4.69, 9.17) is 9.47 Å². The van der Waals surface area contributed by atoms with Gasteiger partial charge in [-0.3, -0.25) is 14.5 Å². The molecule has 278 valence electrons. The Morgan fingerprint density at radius 1 is 0.923 bits per heavy atom. The Kier molecular flexibility index (Phi) is 11.7. The summed E-state index contributed by atoms with van der Waals surface area (Å²) in [5.74, 6) is -2.29. The van der Waals surface area contributed by atoms with E-state index >= 15 is 4.79 Å². The number of sulfonamides is 1. The molecule has 0 radical (unpaired) electrons. The molecule has 2 aliphatic rings. The van der Waals surface area contributed by atoms with Crippen LogP contribution in [0.5, 0.6) is 17.2 Å². The van der Waals surface area contributed by atoms with Crippen LogP contribution in [-0.2, 0) is 25.2 Å². The van der Waals surface area contributed by atoms with Crippen molar-refractivity contribution in [1.29, 1.82) is 0 Å². The molecule has 52 heavy (non-hydrogen) atoms. The van der Waals surface area contributed by atoms with Gasteiger partial charge in [-0.1, -0.05) is 72.4 Å². The monoisotopic (exact) mass is 741 g/mol. The van der Waals surface area contributed by atoms with Crippen LogP contribution in [0.3, 0.4) is 0 Å². The molecule has 0 spiro atoms. The molecule has 3 aromatic rings. The number of amides is 2. The number of hydrogen-bond donors (Lipinski definition) is 0. The third kappa shape index (κ3) is 7.17. The van der Waals surface area contributed by atoms with Crippen molar-refractivity contribution in [2.75, 3.05) is 39.2 Å². The molecule has 0 aliphatic carbocycles. The average molecular weight is 742 g/mol. The maximum absolute atomic E-state index is 15.5. The quantitative estimate of drug-likeness (QED) is 0.175. The first-order chi connectivity index (χ1) is 24.4. The van der Waals surface area contributed by atoms with Crippen LogP contribution < -0.4 is 18.5 Å². The van der Waals surface area contributed by atoms with Gasteiger partial charge in [0.2, 0.25) is 5.91 Å². The van der Waals surface area contributed by atoms with E-state index in [1.165, 1.54) is 25.2 Å². The zero-order valence-electron chi connectivity index (χ0n) is 30.1. The lowest BCUT2D eigenvalue weighted by Crippen LogP contribution is -2.62. The molecule has 0 saturated heterocycles. The maximum atomic E-state index is 15.5. The second kappa shape index (κ2) is 15.3. The highest BCUT2D eigenvalue weighted by Gasteiger charge is 2.63. The summed E-state index contributed by atoms with van der Waals surface area (Å²) >= 11 is 0. The number of nitrogens with zero attached hydrogens (tertiary/aromatic N) is 3. The summed E-state index contributed by atoms with van der Waals surface area (Å²) in [6.45, 7) is 12.3. The smallest absolute Gasteiger partial charge is 0.497 e. The van der Waals surface area contributed by atoms with E-state index in [0.717, 1.165) is 29.3 Å². The minimum atomic E-state index is -5.27. The Morgan fingerprint density at radius 2 is 1.58 bits per heavy atom. The van der Waals surface area contributed by atoms with Gasteiger partial charge >= 0.3 is 6.36 Å². The fourth-order valence-electron chi connectivity index (χ4n) is 6.44. The van der Waals surface area contributed by atoms with Crippen LogP contribution in [0.1, 0.15) is 37.0 Å². The summed E-state index contributed by atoms with van der Waals surface area (Å²) in [6.07, 6.45) is -1.75. The highest BCUT2D eigenvalue weighted by molar-refractivity contribution is 7.93. The Labute approximate surface area is 302 Å². The van der Waals surface area contributed by atoms with Gasteiger partial charge < -0.3 is 19.1 Å². The van der Waals surface area contributed by atoms with E-state index in [1.54, 1.807) is 74.5 Å². The molecular formula is C38H42F3N3O7S. The number of halogens is 3. The van der Waals surface area contributed by atoms with Gasteiger partial charge in [0.25, 0.3) is 15.9 Å². The number of alkyl halides is 3. The molecule has 0 saturated carbocycles. The van der Waals surface area contributed by atoms with Gasteiger partial charge in [-0.05, 0) is 51.5 Å². The maximum Gasteiger partial charge on any atom is 0.573 e. The molecule has 0 bridgehead atoms. The number of ether oxygens (including phenoxy) is 3.